The molecule has 5 nitrogen and oxygen atoms in total. The van der Waals surface area contributed by atoms with E-state index in [1.165, 1.54) is 0 Å². The molecular formula is C19H21NO4. The first-order valence-electron chi connectivity index (χ1n) is 7.77. The molecule has 0 aromatic heterocycles. The monoisotopic (exact) mass is 327 g/mol. The quantitative estimate of drug-likeness (QED) is 0.816. The van der Waals surface area contributed by atoms with Crippen LogP contribution in [0, 0.1) is 6.92 Å². The largest absolute Gasteiger partial charge is 0.481 e. The Morgan fingerprint density at radius 2 is 1.75 bits per heavy atom. The highest BCUT2D eigenvalue weighted by Gasteiger charge is 2.17. The zero-order chi connectivity index (χ0) is 17.4. The van der Waals surface area contributed by atoms with Crippen LogP contribution in [0.4, 0.5) is 4.79 Å². The van der Waals surface area contributed by atoms with E-state index in [9.17, 15) is 9.59 Å². The lowest BCUT2D eigenvalue weighted by molar-refractivity contribution is -0.137. The second-order valence-electron chi connectivity index (χ2n) is 5.65. The van der Waals surface area contributed by atoms with Crippen molar-refractivity contribution in [3.05, 3.63) is 71.3 Å². The number of aryl methyl sites for hydroxylation is 1. The van der Waals surface area contributed by atoms with Gasteiger partial charge in [0.1, 0.15) is 6.61 Å². The Hall–Kier alpha value is -2.82. The molecule has 0 aliphatic rings. The molecule has 2 N–H and O–H groups in total. The van der Waals surface area contributed by atoms with Crippen molar-refractivity contribution in [2.45, 2.75) is 25.9 Å². The van der Waals surface area contributed by atoms with Crippen LogP contribution < -0.4 is 5.32 Å². The molecule has 0 heterocycles. The summed E-state index contributed by atoms with van der Waals surface area (Å²) in [5.41, 5.74) is 2.88. The van der Waals surface area contributed by atoms with Gasteiger partial charge < -0.3 is 15.2 Å². The summed E-state index contributed by atoms with van der Waals surface area (Å²) in [6, 6.07) is 17.0. The lowest BCUT2D eigenvalue weighted by Crippen LogP contribution is -2.30. The maximum atomic E-state index is 11.8. The fourth-order valence-electron chi connectivity index (χ4n) is 2.34. The van der Waals surface area contributed by atoms with Crippen LogP contribution >= 0.6 is 0 Å². The second-order valence-corrected chi connectivity index (χ2v) is 5.65. The Morgan fingerprint density at radius 3 is 2.38 bits per heavy atom. The summed E-state index contributed by atoms with van der Waals surface area (Å²) in [7, 11) is 0. The van der Waals surface area contributed by atoms with Gasteiger partial charge >= 0.3 is 12.1 Å². The van der Waals surface area contributed by atoms with Gasteiger partial charge in [-0.25, -0.2) is 4.79 Å². The van der Waals surface area contributed by atoms with E-state index in [1.54, 1.807) is 0 Å². The molecule has 0 aliphatic heterocycles. The van der Waals surface area contributed by atoms with Crippen molar-refractivity contribution in [1.82, 2.24) is 5.32 Å². The Bertz CT molecular complexity index is 668. The van der Waals surface area contributed by atoms with Crippen molar-refractivity contribution in [3.63, 3.8) is 0 Å². The zero-order valence-corrected chi connectivity index (χ0v) is 13.6. The number of carboxylic acid groups (broad SMARTS) is 1. The van der Waals surface area contributed by atoms with Gasteiger partial charge in [0.15, 0.2) is 0 Å². The number of carbonyl (C=O) groups excluding carboxylic acids is 1. The van der Waals surface area contributed by atoms with Gasteiger partial charge in [0.25, 0.3) is 0 Å². The summed E-state index contributed by atoms with van der Waals surface area (Å²) in [4.78, 5) is 22.9. The molecular weight excluding hydrogens is 306 g/mol. The first kappa shape index (κ1) is 17.5. The predicted octanol–water partition coefficient (Wildman–Crippen LogP) is 3.48. The third kappa shape index (κ3) is 5.76. The molecule has 1 atom stereocenters. The van der Waals surface area contributed by atoms with E-state index >= 15 is 0 Å². The first-order valence-corrected chi connectivity index (χ1v) is 7.77. The molecule has 24 heavy (non-hydrogen) atoms. The standard InChI is InChI=1S/C19H21NO4/c1-14-7-9-16(10-8-14)17(11-18(21)22)12-20-19(23)24-13-15-5-3-2-4-6-15/h2-10,17H,11-13H2,1H3,(H,20,23)(H,21,22)/t17-/m1/s1. The van der Waals surface area contributed by atoms with Crippen LogP contribution in [0.15, 0.2) is 54.6 Å². The van der Waals surface area contributed by atoms with Gasteiger partial charge in [0.2, 0.25) is 0 Å². The number of ether oxygens (including phenoxy) is 1. The SMILES string of the molecule is Cc1ccc([C@@H](CNC(=O)OCc2ccccc2)CC(=O)O)cc1. The van der Waals surface area contributed by atoms with Crippen LogP contribution in [0.2, 0.25) is 0 Å². The number of carboxylic acids is 1. The number of hydrogen-bond acceptors (Lipinski definition) is 3. The van der Waals surface area contributed by atoms with Gasteiger partial charge in [-0.1, -0.05) is 60.2 Å². The summed E-state index contributed by atoms with van der Waals surface area (Å²) in [6.45, 7) is 2.36. The maximum absolute atomic E-state index is 11.8. The van der Waals surface area contributed by atoms with Crippen molar-refractivity contribution in [3.8, 4) is 0 Å². The molecule has 5 heteroatoms. The number of nitrogens with one attached hydrogen (secondary N) is 1. The van der Waals surface area contributed by atoms with Gasteiger partial charge in [-0.15, -0.1) is 0 Å². The summed E-state index contributed by atoms with van der Waals surface area (Å²) in [5.74, 6) is -1.20. The van der Waals surface area contributed by atoms with E-state index in [4.69, 9.17) is 9.84 Å². The Labute approximate surface area is 141 Å². The highest BCUT2D eigenvalue weighted by atomic mass is 16.5. The lowest BCUT2D eigenvalue weighted by atomic mass is 9.95. The van der Waals surface area contributed by atoms with Gasteiger partial charge in [0.05, 0.1) is 6.42 Å². The third-order valence-electron chi connectivity index (χ3n) is 3.68. The van der Waals surface area contributed by atoms with Gasteiger partial charge in [-0.3, -0.25) is 4.79 Å². The number of alkyl carbamates (subject to hydrolysis) is 1. The number of rotatable bonds is 7. The summed E-state index contributed by atoms with van der Waals surface area (Å²) < 4.78 is 5.14. The fraction of sp³-hybridized carbons (Fsp3) is 0.263. The molecule has 0 spiro atoms. The molecule has 2 aromatic rings. The fourth-order valence-corrected chi connectivity index (χ4v) is 2.34. The first-order chi connectivity index (χ1) is 11.5. The molecule has 0 bridgehead atoms. The van der Waals surface area contributed by atoms with E-state index in [0.29, 0.717) is 0 Å². The minimum atomic E-state index is -0.903. The topological polar surface area (TPSA) is 75.6 Å². The number of carbonyl (C=O) groups is 2. The van der Waals surface area contributed by atoms with E-state index in [1.807, 2.05) is 61.5 Å². The molecule has 0 unspecified atom stereocenters. The molecule has 0 saturated carbocycles. The van der Waals surface area contributed by atoms with Gasteiger partial charge in [-0.05, 0) is 18.1 Å². The highest BCUT2D eigenvalue weighted by molar-refractivity contribution is 5.69. The average Bonchev–Trinajstić information content (AvgIpc) is 2.58. The molecule has 0 fully saturated rings. The molecule has 0 aliphatic carbocycles. The van der Waals surface area contributed by atoms with Gasteiger partial charge in [-0.2, -0.15) is 0 Å². The van der Waals surface area contributed by atoms with E-state index < -0.39 is 12.1 Å². The highest BCUT2D eigenvalue weighted by Crippen LogP contribution is 2.19. The number of amides is 1. The number of aliphatic carboxylic acids is 1. The summed E-state index contributed by atoms with van der Waals surface area (Å²) in [6.07, 6.45) is -0.608. The van der Waals surface area contributed by atoms with E-state index in [0.717, 1.165) is 16.7 Å². The van der Waals surface area contributed by atoms with Crippen molar-refractivity contribution in [1.29, 1.82) is 0 Å². The number of hydrogen-bond donors (Lipinski definition) is 2. The molecule has 0 radical (unpaired) electrons. The van der Waals surface area contributed by atoms with Crippen LogP contribution in [0.3, 0.4) is 0 Å². The Kier molecular flexibility index (Phi) is 6.37. The minimum Gasteiger partial charge on any atom is -0.481 e. The van der Waals surface area contributed by atoms with E-state index in [-0.39, 0.29) is 25.5 Å². The maximum Gasteiger partial charge on any atom is 0.407 e. The third-order valence-corrected chi connectivity index (χ3v) is 3.68. The van der Waals surface area contributed by atoms with Crippen molar-refractivity contribution in [2.75, 3.05) is 6.54 Å². The number of benzene rings is 2. The van der Waals surface area contributed by atoms with Crippen LogP contribution in [0.5, 0.6) is 0 Å². The molecule has 126 valence electrons. The van der Waals surface area contributed by atoms with Gasteiger partial charge in [0, 0.05) is 12.5 Å². The Balaban J connectivity index is 1.88. The summed E-state index contributed by atoms with van der Waals surface area (Å²) >= 11 is 0. The van der Waals surface area contributed by atoms with Crippen LogP contribution in [-0.2, 0) is 16.1 Å². The normalized spacial score (nSPS) is 11.5. The Morgan fingerprint density at radius 1 is 1.08 bits per heavy atom. The molecule has 2 rings (SSSR count). The average molecular weight is 327 g/mol. The van der Waals surface area contributed by atoms with Crippen molar-refractivity contribution >= 4 is 12.1 Å². The lowest BCUT2D eigenvalue weighted by Gasteiger charge is -2.16. The zero-order valence-electron chi connectivity index (χ0n) is 13.6. The van der Waals surface area contributed by atoms with Crippen LogP contribution in [-0.4, -0.2) is 23.7 Å². The minimum absolute atomic E-state index is 0.0535. The van der Waals surface area contributed by atoms with Crippen molar-refractivity contribution < 1.29 is 19.4 Å². The van der Waals surface area contributed by atoms with Crippen LogP contribution in [0.1, 0.15) is 29.0 Å². The second kappa shape index (κ2) is 8.72. The van der Waals surface area contributed by atoms with Crippen molar-refractivity contribution in [2.24, 2.45) is 0 Å². The smallest absolute Gasteiger partial charge is 0.407 e. The predicted molar refractivity (Wildman–Crippen MR) is 90.8 cm³/mol. The molecule has 1 amide bonds. The van der Waals surface area contributed by atoms with E-state index in [2.05, 4.69) is 5.32 Å². The van der Waals surface area contributed by atoms with Crippen LogP contribution in [0.25, 0.3) is 0 Å². The molecule has 0 saturated heterocycles. The summed E-state index contributed by atoms with van der Waals surface area (Å²) in [5, 5.41) is 11.7. The molecule has 2 aromatic carbocycles.